The number of hydrogen-bond acceptors (Lipinski definition) is 3. The van der Waals surface area contributed by atoms with E-state index in [4.69, 9.17) is 0 Å². The van der Waals surface area contributed by atoms with Crippen LogP contribution in [0.4, 0.5) is 4.79 Å². The van der Waals surface area contributed by atoms with E-state index < -0.39 is 17.7 Å². The number of amides is 2. The van der Waals surface area contributed by atoms with Gasteiger partial charge in [-0.3, -0.25) is 9.69 Å². The Morgan fingerprint density at radius 1 is 1.04 bits per heavy atom. The Kier molecular flexibility index (Phi) is 4.36. The number of aliphatic hydroxyl groups excluding tert-OH is 1. The largest absolute Gasteiger partial charge is 0.465 e. The van der Waals surface area contributed by atoms with Gasteiger partial charge in [0.2, 0.25) is 5.91 Å². The molecule has 6 heteroatoms. The molecule has 27 heavy (non-hydrogen) atoms. The maximum absolute atomic E-state index is 13.3. The Morgan fingerprint density at radius 3 is 2.22 bits per heavy atom. The van der Waals surface area contributed by atoms with Crippen LogP contribution in [0.1, 0.15) is 24.0 Å². The number of carboxylic acid groups (broad SMARTS) is 1. The van der Waals surface area contributed by atoms with Crippen LogP contribution in [0.25, 0.3) is 0 Å². The fraction of sp³-hybridized carbons (Fsp3) is 0.333. The summed E-state index contributed by atoms with van der Waals surface area (Å²) in [4.78, 5) is 28.2. The van der Waals surface area contributed by atoms with Crippen molar-refractivity contribution in [3.63, 3.8) is 0 Å². The molecule has 1 aliphatic carbocycles. The third-order valence-corrected chi connectivity index (χ3v) is 5.72. The summed E-state index contributed by atoms with van der Waals surface area (Å²) in [6.45, 7) is 0.502. The van der Waals surface area contributed by atoms with E-state index in [1.54, 1.807) is 4.90 Å². The molecule has 0 radical (unpaired) electrons. The molecule has 1 heterocycles. The number of fused-ring (bicyclic) bond motifs is 2. The number of nitrogens with zero attached hydrogens (tertiary/aromatic N) is 2. The summed E-state index contributed by atoms with van der Waals surface area (Å²) >= 11 is 0. The van der Waals surface area contributed by atoms with Gasteiger partial charge in [-0.25, -0.2) is 4.79 Å². The van der Waals surface area contributed by atoms with E-state index in [9.17, 15) is 19.8 Å². The first-order valence-corrected chi connectivity index (χ1v) is 9.09. The molecule has 2 amide bonds. The molecule has 1 saturated carbocycles. The Balaban J connectivity index is 1.64. The highest BCUT2D eigenvalue weighted by molar-refractivity contribution is 5.93. The van der Waals surface area contributed by atoms with E-state index in [-0.39, 0.29) is 24.9 Å². The molecule has 3 atom stereocenters. The summed E-state index contributed by atoms with van der Waals surface area (Å²) in [5.74, 6) is -0.208. The fourth-order valence-electron chi connectivity index (χ4n) is 4.43. The molecular weight excluding hydrogens is 344 g/mol. The van der Waals surface area contributed by atoms with Crippen molar-refractivity contribution in [3.8, 4) is 0 Å². The van der Waals surface area contributed by atoms with Crippen LogP contribution in [0, 0.1) is 0 Å². The predicted molar refractivity (Wildman–Crippen MR) is 98.8 cm³/mol. The molecular formula is C21H22N2O4. The zero-order chi connectivity index (χ0) is 19.0. The molecule has 140 valence electrons. The van der Waals surface area contributed by atoms with Crippen molar-refractivity contribution < 1.29 is 19.8 Å². The number of carbonyl (C=O) groups is 2. The second-order valence-electron chi connectivity index (χ2n) is 7.35. The van der Waals surface area contributed by atoms with Crippen molar-refractivity contribution >= 4 is 12.0 Å². The molecule has 6 nitrogen and oxygen atoms in total. The summed E-state index contributed by atoms with van der Waals surface area (Å²) in [7, 11) is 0. The Labute approximate surface area is 157 Å². The van der Waals surface area contributed by atoms with Gasteiger partial charge in [0, 0.05) is 19.4 Å². The molecule has 2 N–H and O–H groups in total. The number of rotatable bonds is 5. The highest BCUT2D eigenvalue weighted by Crippen LogP contribution is 2.47. The number of likely N-dealkylation sites (tertiary alicyclic amines) is 1. The van der Waals surface area contributed by atoms with Gasteiger partial charge in [0.25, 0.3) is 0 Å². The first-order valence-electron chi connectivity index (χ1n) is 9.09. The quantitative estimate of drug-likeness (QED) is 0.852. The summed E-state index contributed by atoms with van der Waals surface area (Å²) < 4.78 is 0. The molecule has 1 saturated heterocycles. The zero-order valence-electron chi connectivity index (χ0n) is 14.9. The summed E-state index contributed by atoms with van der Waals surface area (Å²) in [5, 5.41) is 20.4. The van der Waals surface area contributed by atoms with Crippen LogP contribution in [0.2, 0.25) is 0 Å². The Morgan fingerprint density at radius 2 is 1.63 bits per heavy atom. The summed E-state index contributed by atoms with van der Waals surface area (Å²) in [6.07, 6.45) is -1.37. The van der Waals surface area contributed by atoms with Crippen LogP contribution in [-0.2, 0) is 17.9 Å². The first kappa shape index (κ1) is 17.5. The average molecular weight is 366 g/mol. The van der Waals surface area contributed by atoms with E-state index in [0.717, 1.165) is 11.1 Å². The van der Waals surface area contributed by atoms with Crippen LogP contribution < -0.4 is 0 Å². The van der Waals surface area contributed by atoms with E-state index in [1.807, 2.05) is 60.7 Å². The monoisotopic (exact) mass is 366 g/mol. The first-order chi connectivity index (χ1) is 13.0. The summed E-state index contributed by atoms with van der Waals surface area (Å²) in [6, 6.07) is 18.5. The van der Waals surface area contributed by atoms with Crippen LogP contribution in [0.3, 0.4) is 0 Å². The van der Waals surface area contributed by atoms with Crippen LogP contribution in [0.15, 0.2) is 60.7 Å². The molecule has 2 aliphatic rings. The maximum atomic E-state index is 13.3. The van der Waals surface area contributed by atoms with Crippen molar-refractivity contribution in [2.45, 2.75) is 43.6 Å². The van der Waals surface area contributed by atoms with Gasteiger partial charge in [-0.05, 0) is 11.1 Å². The van der Waals surface area contributed by atoms with Gasteiger partial charge in [0.05, 0.1) is 18.7 Å². The topological polar surface area (TPSA) is 81.1 Å². The average Bonchev–Trinajstić information content (AvgIpc) is 3.15. The molecule has 3 unspecified atom stereocenters. The molecule has 2 aromatic rings. The lowest BCUT2D eigenvalue weighted by Crippen LogP contribution is -2.59. The van der Waals surface area contributed by atoms with Gasteiger partial charge in [-0.1, -0.05) is 60.7 Å². The van der Waals surface area contributed by atoms with Crippen molar-refractivity contribution in [1.82, 2.24) is 9.80 Å². The lowest BCUT2D eigenvalue weighted by Gasteiger charge is -2.40. The van der Waals surface area contributed by atoms with Crippen molar-refractivity contribution in [2.75, 3.05) is 0 Å². The van der Waals surface area contributed by atoms with E-state index in [2.05, 4.69) is 0 Å². The molecule has 2 aromatic carbocycles. The van der Waals surface area contributed by atoms with Crippen LogP contribution in [0.5, 0.6) is 0 Å². The Hall–Kier alpha value is -2.86. The minimum absolute atomic E-state index is 0.126. The van der Waals surface area contributed by atoms with Gasteiger partial charge < -0.3 is 15.1 Å². The SMILES string of the molecule is O=C(O)N(Cc1ccccc1)C12CC(O)C(C1)N(Cc1ccccc1)C2=O. The van der Waals surface area contributed by atoms with Crippen molar-refractivity contribution in [1.29, 1.82) is 0 Å². The van der Waals surface area contributed by atoms with Crippen molar-refractivity contribution in [2.24, 2.45) is 0 Å². The van der Waals surface area contributed by atoms with Crippen LogP contribution in [-0.4, -0.2) is 49.7 Å². The lowest BCUT2D eigenvalue weighted by atomic mass is 9.93. The Bertz CT molecular complexity index is 842. The molecule has 2 bridgehead atoms. The number of aliphatic hydroxyl groups is 1. The normalized spacial score (nSPS) is 26.4. The maximum Gasteiger partial charge on any atom is 0.408 e. The number of piperidine rings is 1. The van der Waals surface area contributed by atoms with Gasteiger partial charge in [0.15, 0.2) is 0 Å². The fourth-order valence-corrected chi connectivity index (χ4v) is 4.43. The highest BCUT2D eigenvalue weighted by atomic mass is 16.4. The number of hydrogen-bond donors (Lipinski definition) is 2. The molecule has 1 aliphatic heterocycles. The highest BCUT2D eigenvalue weighted by Gasteiger charge is 2.64. The van der Waals surface area contributed by atoms with Gasteiger partial charge in [-0.15, -0.1) is 0 Å². The van der Waals surface area contributed by atoms with Gasteiger partial charge in [-0.2, -0.15) is 0 Å². The minimum atomic E-state index is -1.19. The zero-order valence-corrected chi connectivity index (χ0v) is 14.9. The summed E-state index contributed by atoms with van der Waals surface area (Å²) in [5.41, 5.74) is 0.591. The van der Waals surface area contributed by atoms with Crippen LogP contribution >= 0.6 is 0 Å². The molecule has 0 spiro atoms. The van der Waals surface area contributed by atoms with E-state index in [1.165, 1.54) is 4.90 Å². The minimum Gasteiger partial charge on any atom is -0.465 e. The van der Waals surface area contributed by atoms with Crippen molar-refractivity contribution in [3.05, 3.63) is 71.8 Å². The van der Waals surface area contributed by atoms with E-state index >= 15 is 0 Å². The number of carbonyl (C=O) groups excluding carboxylic acids is 1. The van der Waals surface area contributed by atoms with Gasteiger partial charge in [0.1, 0.15) is 5.54 Å². The second-order valence-corrected chi connectivity index (χ2v) is 7.35. The number of benzene rings is 2. The second kappa shape index (κ2) is 6.70. The van der Waals surface area contributed by atoms with Gasteiger partial charge >= 0.3 is 6.09 Å². The third-order valence-electron chi connectivity index (χ3n) is 5.72. The third kappa shape index (κ3) is 2.96. The standard InChI is InChI=1S/C21H22N2O4/c24-18-12-21(23(20(26)27)14-16-9-5-2-6-10-16)11-17(18)22(19(21)25)13-15-7-3-1-4-8-15/h1-10,17-18,24H,11-14H2,(H,26,27). The molecule has 0 aromatic heterocycles. The predicted octanol–water partition coefficient (Wildman–Crippen LogP) is 2.47. The smallest absolute Gasteiger partial charge is 0.408 e. The molecule has 2 fully saturated rings. The van der Waals surface area contributed by atoms with E-state index in [0.29, 0.717) is 13.0 Å². The lowest BCUT2D eigenvalue weighted by molar-refractivity contribution is -0.146. The molecule has 4 rings (SSSR count).